The van der Waals surface area contributed by atoms with E-state index in [0.717, 1.165) is 6.07 Å². The average molecular weight is 362 g/mol. The third kappa shape index (κ3) is 2.61. The lowest BCUT2D eigenvalue weighted by molar-refractivity contribution is -0.390. The zero-order valence-electron chi connectivity index (χ0n) is 7.29. The Morgan fingerprint density at radius 3 is 2.56 bits per heavy atom. The summed E-state index contributed by atoms with van der Waals surface area (Å²) in [5.41, 5.74) is -1.24. The fourth-order valence-corrected chi connectivity index (χ4v) is 2.10. The van der Waals surface area contributed by atoms with Gasteiger partial charge in [0.25, 0.3) is 5.24 Å². The number of pyridine rings is 1. The molecule has 0 amide bonds. The average Bonchev–Trinajstić information content (AvgIpc) is 2.15. The van der Waals surface area contributed by atoms with E-state index in [-0.39, 0.29) is 3.57 Å². The summed E-state index contributed by atoms with van der Waals surface area (Å²) in [4.78, 5) is 23.5. The minimum absolute atomic E-state index is 0.0328. The maximum absolute atomic E-state index is 12.3. The SMILES string of the molecule is O=C(Cl)c1c(I)cc(C(F)F)nc1[N+](=O)[O-]. The van der Waals surface area contributed by atoms with Crippen LogP contribution >= 0.6 is 34.2 Å². The first-order chi connectivity index (χ1) is 7.34. The normalized spacial score (nSPS) is 10.6. The van der Waals surface area contributed by atoms with E-state index in [1.807, 2.05) is 0 Å². The van der Waals surface area contributed by atoms with Crippen LogP contribution in [0.15, 0.2) is 6.07 Å². The first-order valence-electron chi connectivity index (χ1n) is 3.67. The summed E-state index contributed by atoms with van der Waals surface area (Å²) in [6.07, 6.45) is -2.95. The van der Waals surface area contributed by atoms with Crippen LogP contribution in [0.5, 0.6) is 0 Å². The number of hydrogen-bond donors (Lipinski definition) is 0. The summed E-state index contributed by atoms with van der Waals surface area (Å²) in [6, 6.07) is 0.883. The highest BCUT2D eigenvalue weighted by atomic mass is 127. The number of halogens is 4. The minimum Gasteiger partial charge on any atom is -0.358 e. The molecule has 0 saturated heterocycles. The van der Waals surface area contributed by atoms with E-state index >= 15 is 0 Å². The van der Waals surface area contributed by atoms with Gasteiger partial charge in [0.2, 0.25) is 5.69 Å². The number of carbonyl (C=O) groups is 1. The van der Waals surface area contributed by atoms with E-state index in [2.05, 4.69) is 4.98 Å². The van der Waals surface area contributed by atoms with E-state index in [1.54, 1.807) is 0 Å². The van der Waals surface area contributed by atoms with Gasteiger partial charge in [0.15, 0.2) is 0 Å². The van der Waals surface area contributed by atoms with Crippen LogP contribution in [0.2, 0.25) is 0 Å². The number of nitrogens with zero attached hydrogens (tertiary/aromatic N) is 2. The van der Waals surface area contributed by atoms with Gasteiger partial charge in [-0.3, -0.25) is 4.79 Å². The van der Waals surface area contributed by atoms with Crippen molar-refractivity contribution in [3.63, 3.8) is 0 Å². The van der Waals surface area contributed by atoms with Crippen molar-refractivity contribution in [3.05, 3.63) is 31.0 Å². The Labute approximate surface area is 106 Å². The number of aromatic nitrogens is 1. The van der Waals surface area contributed by atoms with E-state index in [0.29, 0.717) is 0 Å². The molecule has 0 N–H and O–H groups in total. The van der Waals surface area contributed by atoms with Gasteiger partial charge < -0.3 is 10.1 Å². The number of carbonyl (C=O) groups excluding carboxylic acids is 1. The van der Waals surface area contributed by atoms with Crippen LogP contribution in [0.4, 0.5) is 14.6 Å². The van der Waals surface area contributed by atoms with Gasteiger partial charge in [-0.2, -0.15) is 0 Å². The van der Waals surface area contributed by atoms with Crippen LogP contribution in [0, 0.1) is 13.7 Å². The monoisotopic (exact) mass is 362 g/mol. The van der Waals surface area contributed by atoms with Gasteiger partial charge in [-0.05, 0) is 44.1 Å². The minimum atomic E-state index is -2.95. The second-order valence-corrected chi connectivity index (χ2v) is 4.06. The maximum Gasteiger partial charge on any atom is 0.377 e. The van der Waals surface area contributed by atoms with Crippen LogP contribution in [0.25, 0.3) is 0 Å². The molecule has 0 fully saturated rings. The molecule has 5 nitrogen and oxygen atoms in total. The Bertz CT molecular complexity index is 469. The molecular weight excluding hydrogens is 360 g/mol. The second kappa shape index (κ2) is 4.95. The molecule has 86 valence electrons. The van der Waals surface area contributed by atoms with Crippen LogP contribution in [-0.2, 0) is 0 Å². The molecule has 1 aromatic heterocycles. The number of alkyl halides is 2. The number of rotatable bonds is 3. The standard InChI is InChI=1S/C7H2ClF2IN2O3/c8-5(14)4-2(11)1-3(6(9)10)12-7(4)13(15)16/h1,6H. The third-order valence-corrected chi connectivity index (χ3v) is 2.60. The second-order valence-electron chi connectivity index (χ2n) is 2.56. The molecule has 0 saturated carbocycles. The zero-order valence-corrected chi connectivity index (χ0v) is 10.2. The summed E-state index contributed by atoms with van der Waals surface area (Å²) < 4.78 is 24.6. The topological polar surface area (TPSA) is 73.1 Å². The largest absolute Gasteiger partial charge is 0.377 e. The van der Waals surface area contributed by atoms with Crippen molar-refractivity contribution in [2.75, 3.05) is 0 Å². The highest BCUT2D eigenvalue weighted by molar-refractivity contribution is 14.1. The van der Waals surface area contributed by atoms with Crippen molar-refractivity contribution in [1.29, 1.82) is 0 Å². The highest BCUT2D eigenvalue weighted by Crippen LogP contribution is 2.28. The number of hydrogen-bond acceptors (Lipinski definition) is 4. The number of nitro groups is 1. The molecule has 16 heavy (non-hydrogen) atoms. The Balaban J connectivity index is 3.52. The Morgan fingerprint density at radius 1 is 1.62 bits per heavy atom. The van der Waals surface area contributed by atoms with E-state index < -0.39 is 33.7 Å². The fraction of sp³-hybridized carbons (Fsp3) is 0.143. The predicted octanol–water partition coefficient (Wildman–Crippen LogP) is 2.91. The Morgan fingerprint density at radius 2 is 2.19 bits per heavy atom. The van der Waals surface area contributed by atoms with Gasteiger partial charge in [-0.15, -0.1) is 0 Å². The molecule has 1 heterocycles. The molecule has 1 rings (SSSR count). The highest BCUT2D eigenvalue weighted by Gasteiger charge is 2.28. The van der Waals surface area contributed by atoms with Gasteiger partial charge in [-0.25, -0.2) is 8.78 Å². The van der Waals surface area contributed by atoms with Gasteiger partial charge in [0.05, 0.1) is 0 Å². The molecular formula is C7H2ClF2IN2O3. The van der Waals surface area contributed by atoms with Crippen molar-refractivity contribution in [3.8, 4) is 0 Å². The maximum atomic E-state index is 12.3. The summed E-state index contributed by atoms with van der Waals surface area (Å²) in [7, 11) is 0. The van der Waals surface area contributed by atoms with Gasteiger partial charge >= 0.3 is 12.2 Å². The van der Waals surface area contributed by atoms with Crippen LogP contribution in [0.1, 0.15) is 22.5 Å². The van der Waals surface area contributed by atoms with Crippen LogP contribution in [-0.4, -0.2) is 15.1 Å². The summed E-state index contributed by atoms with van der Waals surface area (Å²) in [6.45, 7) is 0. The smallest absolute Gasteiger partial charge is 0.358 e. The lowest BCUT2D eigenvalue weighted by atomic mass is 10.2. The quantitative estimate of drug-likeness (QED) is 0.359. The summed E-state index contributed by atoms with van der Waals surface area (Å²) in [5.74, 6) is -0.956. The molecule has 0 aliphatic heterocycles. The first-order valence-corrected chi connectivity index (χ1v) is 5.13. The van der Waals surface area contributed by atoms with E-state index in [9.17, 15) is 23.7 Å². The lowest BCUT2D eigenvalue weighted by Gasteiger charge is -2.02. The predicted molar refractivity (Wildman–Crippen MR) is 58.7 cm³/mol. The van der Waals surface area contributed by atoms with Crippen molar-refractivity contribution in [1.82, 2.24) is 4.98 Å². The molecule has 0 aromatic carbocycles. The molecule has 0 unspecified atom stereocenters. The Hall–Kier alpha value is -0.900. The van der Waals surface area contributed by atoms with Crippen molar-refractivity contribution in [2.24, 2.45) is 0 Å². The van der Waals surface area contributed by atoms with Gasteiger partial charge in [0.1, 0.15) is 5.56 Å². The molecule has 0 aliphatic rings. The Kier molecular flexibility index (Phi) is 4.08. The molecule has 0 aliphatic carbocycles. The van der Waals surface area contributed by atoms with Crippen molar-refractivity contribution < 1.29 is 18.5 Å². The van der Waals surface area contributed by atoms with E-state index in [1.165, 1.54) is 22.6 Å². The third-order valence-electron chi connectivity index (χ3n) is 1.57. The van der Waals surface area contributed by atoms with Crippen LogP contribution in [0.3, 0.4) is 0 Å². The van der Waals surface area contributed by atoms with Gasteiger partial charge in [0, 0.05) is 9.64 Å². The lowest BCUT2D eigenvalue weighted by Crippen LogP contribution is -2.06. The first kappa shape index (κ1) is 13.2. The summed E-state index contributed by atoms with van der Waals surface area (Å²) >= 11 is 6.62. The van der Waals surface area contributed by atoms with Gasteiger partial charge in [-0.1, -0.05) is 0 Å². The van der Waals surface area contributed by atoms with Crippen molar-refractivity contribution in [2.45, 2.75) is 6.43 Å². The molecule has 0 atom stereocenters. The van der Waals surface area contributed by atoms with Crippen molar-refractivity contribution >= 4 is 45.3 Å². The molecule has 1 aromatic rings. The molecule has 0 bridgehead atoms. The van der Waals surface area contributed by atoms with E-state index in [4.69, 9.17) is 11.6 Å². The van der Waals surface area contributed by atoms with Crippen LogP contribution < -0.4 is 0 Å². The molecule has 9 heteroatoms. The zero-order chi connectivity index (χ0) is 12.5. The summed E-state index contributed by atoms with van der Waals surface area (Å²) in [5, 5.41) is 9.43. The fourth-order valence-electron chi connectivity index (χ4n) is 0.945. The molecule has 0 radical (unpaired) electrons. The molecule has 0 spiro atoms.